The second-order valence-corrected chi connectivity index (χ2v) is 9.06. The lowest BCUT2D eigenvalue weighted by molar-refractivity contribution is 0.462. The number of pyridine rings is 2. The molecule has 0 bridgehead atoms. The summed E-state index contributed by atoms with van der Waals surface area (Å²) in [5.74, 6) is 0.916. The predicted molar refractivity (Wildman–Crippen MR) is 119 cm³/mol. The highest BCUT2D eigenvalue weighted by atomic mass is 127. The summed E-state index contributed by atoms with van der Waals surface area (Å²) in [6.45, 7) is 0. The fourth-order valence-electron chi connectivity index (χ4n) is 2.43. The van der Waals surface area contributed by atoms with E-state index in [0.29, 0.717) is 21.5 Å². The van der Waals surface area contributed by atoms with Crippen molar-refractivity contribution < 1.29 is 0 Å². The zero-order valence-corrected chi connectivity index (χ0v) is 19.3. The first-order valence-corrected chi connectivity index (χ1v) is 10.8. The molecule has 130 valence electrons. The van der Waals surface area contributed by atoms with Crippen molar-refractivity contribution in [3.05, 3.63) is 46.9 Å². The van der Waals surface area contributed by atoms with Gasteiger partial charge in [-0.1, -0.05) is 54.1 Å². The molecule has 0 aromatic carbocycles. The Balaban J connectivity index is 0.000000198. The van der Waals surface area contributed by atoms with Crippen LogP contribution in [0.3, 0.4) is 0 Å². The van der Waals surface area contributed by atoms with Crippen LogP contribution in [0, 0.1) is 7.14 Å². The van der Waals surface area contributed by atoms with Crippen LogP contribution in [0.1, 0.15) is 32.1 Å². The van der Waals surface area contributed by atoms with Crippen LogP contribution in [0.25, 0.3) is 0 Å². The highest BCUT2D eigenvalue weighted by Gasteiger charge is 2.13. The number of halogens is 5. The second-order valence-electron chi connectivity index (χ2n) is 5.40. The Bertz CT molecular complexity index is 609. The SMILES string of the molecule is Clc1cc(I)cc(Cl)n1.Clc1cc(I)cc(NC2CCCCC2)n1. The van der Waals surface area contributed by atoms with Crippen molar-refractivity contribution in [2.24, 2.45) is 0 Å². The third kappa shape index (κ3) is 7.76. The van der Waals surface area contributed by atoms with Crippen LogP contribution < -0.4 is 5.32 Å². The molecule has 3 rings (SSSR count). The van der Waals surface area contributed by atoms with Crippen molar-refractivity contribution in [2.75, 3.05) is 5.32 Å². The number of hydrogen-bond acceptors (Lipinski definition) is 3. The summed E-state index contributed by atoms with van der Waals surface area (Å²) in [7, 11) is 0. The summed E-state index contributed by atoms with van der Waals surface area (Å²) < 4.78 is 2.13. The van der Waals surface area contributed by atoms with Gasteiger partial charge in [0, 0.05) is 13.2 Å². The minimum atomic E-state index is 0.437. The van der Waals surface area contributed by atoms with E-state index in [1.807, 2.05) is 12.1 Å². The van der Waals surface area contributed by atoms with E-state index in [2.05, 4.69) is 60.5 Å². The maximum atomic E-state index is 5.91. The van der Waals surface area contributed by atoms with Gasteiger partial charge in [-0.25, -0.2) is 9.97 Å². The van der Waals surface area contributed by atoms with E-state index < -0.39 is 0 Å². The quantitative estimate of drug-likeness (QED) is 0.292. The van der Waals surface area contributed by atoms with Gasteiger partial charge >= 0.3 is 0 Å². The molecule has 1 aliphatic carbocycles. The van der Waals surface area contributed by atoms with Gasteiger partial charge in [-0.05, 0) is 82.3 Å². The van der Waals surface area contributed by atoms with Gasteiger partial charge < -0.3 is 5.32 Å². The largest absolute Gasteiger partial charge is 0.367 e. The predicted octanol–water partition coefficient (Wildman–Crippen LogP) is 7.08. The number of rotatable bonds is 2. The van der Waals surface area contributed by atoms with Gasteiger partial charge in [0.15, 0.2) is 0 Å². The lowest BCUT2D eigenvalue weighted by Gasteiger charge is -2.23. The Kier molecular flexibility index (Phi) is 9.11. The monoisotopic (exact) mass is 609 g/mol. The molecule has 3 nitrogen and oxygen atoms in total. The molecule has 1 N–H and O–H groups in total. The van der Waals surface area contributed by atoms with Crippen molar-refractivity contribution in [3.8, 4) is 0 Å². The average Bonchev–Trinajstić information content (AvgIpc) is 2.46. The second kappa shape index (κ2) is 10.5. The summed E-state index contributed by atoms with van der Waals surface area (Å²) in [4.78, 5) is 8.04. The Morgan fingerprint density at radius 2 is 1.29 bits per heavy atom. The lowest BCUT2D eigenvalue weighted by Crippen LogP contribution is -2.22. The van der Waals surface area contributed by atoms with Gasteiger partial charge in [0.25, 0.3) is 0 Å². The Morgan fingerprint density at radius 1 is 0.792 bits per heavy atom. The first-order chi connectivity index (χ1) is 11.4. The average molecular weight is 610 g/mol. The molecule has 2 heterocycles. The van der Waals surface area contributed by atoms with Gasteiger partial charge in [-0.3, -0.25) is 0 Å². The molecule has 0 spiro atoms. The van der Waals surface area contributed by atoms with Gasteiger partial charge in [0.2, 0.25) is 0 Å². The highest BCUT2D eigenvalue weighted by molar-refractivity contribution is 14.1. The molecular weight excluding hydrogens is 594 g/mol. The van der Waals surface area contributed by atoms with E-state index in [1.54, 1.807) is 12.1 Å². The van der Waals surface area contributed by atoms with Gasteiger partial charge in [0.05, 0.1) is 0 Å². The highest BCUT2D eigenvalue weighted by Crippen LogP contribution is 2.23. The molecule has 2 aromatic heterocycles. The minimum absolute atomic E-state index is 0.437. The van der Waals surface area contributed by atoms with Crippen molar-refractivity contribution in [2.45, 2.75) is 38.1 Å². The summed E-state index contributed by atoms with van der Waals surface area (Å²) >= 11 is 21.4. The van der Waals surface area contributed by atoms with E-state index in [1.165, 1.54) is 32.1 Å². The summed E-state index contributed by atoms with van der Waals surface area (Å²) in [6, 6.07) is 7.98. The molecule has 0 amide bonds. The molecule has 1 saturated carbocycles. The number of anilines is 1. The molecule has 0 saturated heterocycles. The van der Waals surface area contributed by atoms with E-state index in [-0.39, 0.29) is 0 Å². The van der Waals surface area contributed by atoms with Crippen LogP contribution in [0.2, 0.25) is 15.5 Å². The van der Waals surface area contributed by atoms with Crippen LogP contribution in [-0.2, 0) is 0 Å². The summed E-state index contributed by atoms with van der Waals surface area (Å²) in [5.41, 5.74) is 0. The maximum absolute atomic E-state index is 5.91. The zero-order valence-electron chi connectivity index (χ0n) is 12.7. The first-order valence-electron chi connectivity index (χ1n) is 7.50. The van der Waals surface area contributed by atoms with Crippen LogP contribution >= 0.6 is 80.0 Å². The molecule has 1 aliphatic rings. The molecular formula is C16H16Cl3I2N3. The fraction of sp³-hybridized carbons (Fsp3) is 0.375. The molecule has 2 aromatic rings. The molecule has 8 heteroatoms. The lowest BCUT2D eigenvalue weighted by atomic mass is 9.95. The van der Waals surface area contributed by atoms with Crippen LogP contribution in [0.15, 0.2) is 24.3 Å². The van der Waals surface area contributed by atoms with E-state index >= 15 is 0 Å². The fourth-order valence-corrected chi connectivity index (χ4v) is 4.83. The number of hydrogen-bond donors (Lipinski definition) is 1. The van der Waals surface area contributed by atoms with Crippen LogP contribution in [0.4, 0.5) is 5.82 Å². The normalized spacial score (nSPS) is 14.7. The standard InChI is InChI=1S/C11H14ClIN2.C5H2Cl2IN/c12-10-6-8(13)7-11(15-10)14-9-4-2-1-3-5-9;6-4-1-3(8)2-5(7)9-4/h6-7,9H,1-5H2,(H,14,15);1-2H. The molecule has 24 heavy (non-hydrogen) atoms. The molecule has 0 atom stereocenters. The van der Waals surface area contributed by atoms with Crippen molar-refractivity contribution >= 4 is 85.8 Å². The molecule has 1 fully saturated rings. The van der Waals surface area contributed by atoms with Crippen molar-refractivity contribution in [1.29, 1.82) is 0 Å². The Labute approximate surface area is 184 Å². The summed E-state index contributed by atoms with van der Waals surface area (Å²) in [5, 5.41) is 4.91. The van der Waals surface area contributed by atoms with Gasteiger partial charge in [0.1, 0.15) is 21.3 Å². The van der Waals surface area contributed by atoms with Crippen LogP contribution in [0.5, 0.6) is 0 Å². The van der Waals surface area contributed by atoms with Crippen LogP contribution in [-0.4, -0.2) is 16.0 Å². The number of aromatic nitrogens is 2. The number of nitrogens with one attached hydrogen (secondary N) is 1. The molecule has 0 aliphatic heterocycles. The first kappa shape index (κ1) is 20.7. The maximum Gasteiger partial charge on any atom is 0.132 e. The Hall–Kier alpha value is 0.430. The molecule has 0 unspecified atom stereocenters. The third-order valence-electron chi connectivity index (χ3n) is 3.44. The Morgan fingerprint density at radius 3 is 1.79 bits per heavy atom. The summed E-state index contributed by atoms with van der Waals surface area (Å²) in [6.07, 6.45) is 6.54. The zero-order chi connectivity index (χ0) is 17.5. The van der Waals surface area contributed by atoms with Gasteiger partial charge in [-0.2, -0.15) is 0 Å². The smallest absolute Gasteiger partial charge is 0.132 e. The van der Waals surface area contributed by atoms with E-state index in [4.69, 9.17) is 34.8 Å². The number of nitrogens with zero attached hydrogens (tertiary/aromatic N) is 2. The van der Waals surface area contributed by atoms with E-state index in [9.17, 15) is 0 Å². The van der Waals surface area contributed by atoms with Crippen molar-refractivity contribution in [3.63, 3.8) is 0 Å². The van der Waals surface area contributed by atoms with Crippen molar-refractivity contribution in [1.82, 2.24) is 9.97 Å². The minimum Gasteiger partial charge on any atom is -0.367 e. The van der Waals surface area contributed by atoms with E-state index in [0.717, 1.165) is 13.0 Å². The third-order valence-corrected chi connectivity index (χ3v) is 5.27. The van der Waals surface area contributed by atoms with Gasteiger partial charge in [-0.15, -0.1) is 0 Å². The molecule has 0 radical (unpaired) electrons. The topological polar surface area (TPSA) is 37.8 Å².